The van der Waals surface area contributed by atoms with Gasteiger partial charge in [0.2, 0.25) is 0 Å². The highest BCUT2D eigenvalue weighted by Crippen LogP contribution is 2.14. The highest BCUT2D eigenvalue weighted by atomic mass is 32.2. The van der Waals surface area contributed by atoms with E-state index in [1.165, 1.54) is 0 Å². The van der Waals surface area contributed by atoms with Gasteiger partial charge in [-0.05, 0) is 43.6 Å². The van der Waals surface area contributed by atoms with E-state index >= 15 is 0 Å². The van der Waals surface area contributed by atoms with Gasteiger partial charge in [-0.25, -0.2) is 4.79 Å². The number of amides is 2. The van der Waals surface area contributed by atoms with Crippen LogP contribution in [0.3, 0.4) is 0 Å². The summed E-state index contributed by atoms with van der Waals surface area (Å²) in [5, 5.41) is 14.3. The molecule has 6 heteroatoms. The van der Waals surface area contributed by atoms with Gasteiger partial charge in [-0.3, -0.25) is 4.79 Å². The normalized spacial score (nSPS) is 11.9. The first-order valence-corrected chi connectivity index (χ1v) is 8.72. The molecule has 0 aliphatic carbocycles. The third-order valence-electron chi connectivity index (χ3n) is 3.24. The molecule has 0 heterocycles. The zero-order valence-corrected chi connectivity index (χ0v) is 13.4. The van der Waals surface area contributed by atoms with Crippen molar-refractivity contribution in [1.82, 2.24) is 10.6 Å². The fraction of sp³-hybridized carbons (Fsp3) is 0.857. The van der Waals surface area contributed by atoms with Crippen LogP contribution in [0, 0.1) is 5.92 Å². The van der Waals surface area contributed by atoms with Gasteiger partial charge in [0.05, 0.1) is 0 Å². The summed E-state index contributed by atoms with van der Waals surface area (Å²) in [6.45, 7) is 3.37. The Labute approximate surface area is 126 Å². The van der Waals surface area contributed by atoms with Gasteiger partial charge in [0.25, 0.3) is 0 Å². The minimum atomic E-state index is -0.751. The number of rotatable bonds is 12. The molecule has 0 aliphatic rings. The maximum atomic E-state index is 11.5. The third-order valence-corrected chi connectivity index (χ3v) is 3.94. The van der Waals surface area contributed by atoms with E-state index in [2.05, 4.69) is 23.8 Å². The zero-order valence-electron chi connectivity index (χ0n) is 12.6. The predicted molar refractivity (Wildman–Crippen MR) is 84.3 cm³/mol. The Morgan fingerprint density at radius 2 is 1.85 bits per heavy atom. The van der Waals surface area contributed by atoms with Crippen LogP contribution in [-0.4, -0.2) is 42.2 Å². The van der Waals surface area contributed by atoms with Crippen LogP contribution in [-0.2, 0) is 4.79 Å². The Kier molecular flexibility index (Phi) is 12.5. The van der Waals surface area contributed by atoms with E-state index in [9.17, 15) is 9.59 Å². The number of unbranched alkanes of at least 4 members (excludes halogenated alkanes) is 1. The second kappa shape index (κ2) is 13.1. The van der Waals surface area contributed by atoms with Crippen molar-refractivity contribution in [2.24, 2.45) is 5.92 Å². The second-order valence-electron chi connectivity index (χ2n) is 4.88. The fourth-order valence-corrected chi connectivity index (χ4v) is 2.40. The summed E-state index contributed by atoms with van der Waals surface area (Å²) in [5.74, 6) is 0.748. The molecule has 0 saturated heterocycles. The molecule has 3 N–H and O–H groups in total. The first-order valence-electron chi connectivity index (χ1n) is 7.32. The van der Waals surface area contributed by atoms with Crippen LogP contribution in [0.15, 0.2) is 0 Å². The SMILES string of the molecule is CCC(CCNC(=O)NCCCCSC)CCC(=O)O. The highest BCUT2D eigenvalue weighted by Gasteiger charge is 2.09. The molecule has 5 nitrogen and oxygen atoms in total. The van der Waals surface area contributed by atoms with E-state index in [1.807, 2.05) is 11.8 Å². The lowest BCUT2D eigenvalue weighted by molar-refractivity contribution is -0.137. The molecule has 1 atom stereocenters. The average molecular weight is 304 g/mol. The molecule has 118 valence electrons. The maximum absolute atomic E-state index is 11.5. The summed E-state index contributed by atoms with van der Waals surface area (Å²) in [4.78, 5) is 22.0. The molecule has 0 rings (SSSR count). The van der Waals surface area contributed by atoms with E-state index in [-0.39, 0.29) is 12.5 Å². The molecular formula is C14H28N2O3S. The quantitative estimate of drug-likeness (QED) is 0.484. The van der Waals surface area contributed by atoms with E-state index in [0.29, 0.717) is 25.4 Å². The molecule has 0 spiro atoms. The van der Waals surface area contributed by atoms with Gasteiger partial charge >= 0.3 is 12.0 Å². The Morgan fingerprint density at radius 3 is 2.45 bits per heavy atom. The lowest BCUT2D eigenvalue weighted by Gasteiger charge is -2.14. The highest BCUT2D eigenvalue weighted by molar-refractivity contribution is 7.98. The number of hydrogen-bond donors (Lipinski definition) is 3. The van der Waals surface area contributed by atoms with Crippen LogP contribution < -0.4 is 10.6 Å². The summed E-state index contributed by atoms with van der Waals surface area (Å²) in [6.07, 6.45) is 6.88. The Morgan fingerprint density at radius 1 is 1.15 bits per heavy atom. The molecule has 0 aromatic carbocycles. The number of carbonyl (C=O) groups excluding carboxylic acids is 1. The van der Waals surface area contributed by atoms with Gasteiger partial charge in [0.15, 0.2) is 0 Å². The van der Waals surface area contributed by atoms with E-state index in [1.54, 1.807) is 0 Å². The van der Waals surface area contributed by atoms with Gasteiger partial charge < -0.3 is 15.7 Å². The molecule has 0 bridgehead atoms. The predicted octanol–water partition coefficient (Wildman–Crippen LogP) is 2.71. The number of thioether (sulfide) groups is 1. The Hall–Kier alpha value is -0.910. The van der Waals surface area contributed by atoms with Gasteiger partial charge in [0.1, 0.15) is 0 Å². The minimum Gasteiger partial charge on any atom is -0.481 e. The third kappa shape index (κ3) is 12.1. The molecule has 0 aliphatic heterocycles. The molecule has 20 heavy (non-hydrogen) atoms. The van der Waals surface area contributed by atoms with Crippen molar-refractivity contribution < 1.29 is 14.7 Å². The van der Waals surface area contributed by atoms with Crippen molar-refractivity contribution in [3.63, 3.8) is 0 Å². The summed E-state index contributed by atoms with van der Waals surface area (Å²) < 4.78 is 0. The zero-order chi connectivity index (χ0) is 15.2. The standard InChI is InChI=1S/C14H28N2O3S/c1-3-12(6-7-13(17)18)8-10-16-14(19)15-9-4-5-11-20-2/h12H,3-11H2,1-2H3,(H,17,18)(H2,15,16,19). The molecule has 0 fully saturated rings. The van der Waals surface area contributed by atoms with Crippen LogP contribution in [0.2, 0.25) is 0 Å². The van der Waals surface area contributed by atoms with Crippen LogP contribution in [0.4, 0.5) is 4.79 Å². The summed E-state index contributed by atoms with van der Waals surface area (Å²) in [7, 11) is 0. The number of carboxylic acid groups (broad SMARTS) is 1. The van der Waals surface area contributed by atoms with Gasteiger partial charge in [0, 0.05) is 19.5 Å². The molecule has 0 aromatic heterocycles. The number of urea groups is 1. The number of aliphatic carboxylic acids is 1. The fourth-order valence-electron chi connectivity index (χ4n) is 1.91. The number of carbonyl (C=O) groups is 2. The van der Waals surface area contributed by atoms with E-state index in [0.717, 1.165) is 31.4 Å². The number of nitrogens with one attached hydrogen (secondary N) is 2. The van der Waals surface area contributed by atoms with Crippen LogP contribution in [0.25, 0.3) is 0 Å². The number of carboxylic acids is 1. The maximum Gasteiger partial charge on any atom is 0.314 e. The minimum absolute atomic E-state index is 0.123. The second-order valence-corrected chi connectivity index (χ2v) is 5.86. The first-order chi connectivity index (χ1) is 9.60. The van der Waals surface area contributed by atoms with Crippen molar-refractivity contribution in [3.8, 4) is 0 Å². The lowest BCUT2D eigenvalue weighted by atomic mass is 9.97. The molecule has 0 radical (unpaired) electrons. The monoisotopic (exact) mass is 304 g/mol. The van der Waals surface area contributed by atoms with E-state index in [4.69, 9.17) is 5.11 Å². The number of hydrogen-bond acceptors (Lipinski definition) is 3. The van der Waals surface area contributed by atoms with Crippen molar-refractivity contribution in [3.05, 3.63) is 0 Å². The van der Waals surface area contributed by atoms with Crippen molar-refractivity contribution in [2.45, 2.75) is 45.4 Å². The van der Waals surface area contributed by atoms with Crippen LogP contribution in [0.1, 0.15) is 45.4 Å². The van der Waals surface area contributed by atoms with Crippen molar-refractivity contribution in [1.29, 1.82) is 0 Å². The smallest absolute Gasteiger partial charge is 0.314 e. The molecule has 0 aromatic rings. The van der Waals surface area contributed by atoms with Gasteiger partial charge in [-0.1, -0.05) is 13.3 Å². The molecule has 2 amide bonds. The van der Waals surface area contributed by atoms with Crippen LogP contribution in [0.5, 0.6) is 0 Å². The van der Waals surface area contributed by atoms with Gasteiger partial charge in [-0.15, -0.1) is 0 Å². The largest absolute Gasteiger partial charge is 0.481 e. The van der Waals surface area contributed by atoms with Crippen molar-refractivity contribution >= 4 is 23.8 Å². The van der Waals surface area contributed by atoms with Gasteiger partial charge in [-0.2, -0.15) is 11.8 Å². The van der Waals surface area contributed by atoms with E-state index < -0.39 is 5.97 Å². The first kappa shape index (κ1) is 19.1. The topological polar surface area (TPSA) is 78.4 Å². The molecular weight excluding hydrogens is 276 g/mol. The molecule has 0 saturated carbocycles. The Bertz CT molecular complexity index is 275. The summed E-state index contributed by atoms with van der Waals surface area (Å²) in [5.41, 5.74) is 0. The van der Waals surface area contributed by atoms with Crippen LogP contribution >= 0.6 is 11.8 Å². The molecule has 1 unspecified atom stereocenters. The average Bonchev–Trinajstić information content (AvgIpc) is 2.42. The lowest BCUT2D eigenvalue weighted by Crippen LogP contribution is -2.37. The summed E-state index contributed by atoms with van der Waals surface area (Å²) in [6, 6.07) is -0.123. The Balaban J connectivity index is 3.55. The summed E-state index contributed by atoms with van der Waals surface area (Å²) >= 11 is 1.82. The van der Waals surface area contributed by atoms with Crippen molar-refractivity contribution in [2.75, 3.05) is 25.1 Å².